The predicted molar refractivity (Wildman–Crippen MR) is 74.1 cm³/mol. The van der Waals surface area contributed by atoms with Crippen molar-refractivity contribution in [2.75, 3.05) is 7.05 Å². The zero-order valence-corrected chi connectivity index (χ0v) is 12.2. The van der Waals surface area contributed by atoms with E-state index in [0.29, 0.717) is 17.1 Å². The van der Waals surface area contributed by atoms with Crippen molar-refractivity contribution in [3.05, 3.63) is 41.5 Å². The zero-order chi connectivity index (χ0) is 14.8. The third-order valence-electron chi connectivity index (χ3n) is 2.93. The summed E-state index contributed by atoms with van der Waals surface area (Å²) in [4.78, 5) is 4.28. The number of hydrogen-bond donors (Lipinski definition) is 2. The van der Waals surface area contributed by atoms with Crippen LogP contribution in [0, 0.1) is 6.92 Å². The topological polar surface area (TPSA) is 105 Å². The molecule has 0 atom stereocenters. The summed E-state index contributed by atoms with van der Waals surface area (Å²) in [7, 11) is -2.14. The first-order valence-electron chi connectivity index (χ1n) is 6.07. The predicted octanol–water partition coefficient (Wildman–Crippen LogP) is 0.393. The Morgan fingerprint density at radius 3 is 2.75 bits per heavy atom. The Kier molecular flexibility index (Phi) is 4.17. The Bertz CT molecular complexity index is 681. The summed E-state index contributed by atoms with van der Waals surface area (Å²) in [5.41, 5.74) is 7.04. The standard InChI is InChI=1S/C12H17N5O2S/c1-9-12(11(7-13)16-15-9)20(18,19)17(2)8-10-5-3-4-6-14-10/h3-6H,7-8,13H2,1-2H3,(H,15,16). The number of nitrogens with zero attached hydrogens (tertiary/aromatic N) is 3. The van der Waals surface area contributed by atoms with Crippen LogP contribution in [-0.2, 0) is 23.1 Å². The third kappa shape index (κ3) is 2.72. The van der Waals surface area contributed by atoms with Crippen LogP contribution < -0.4 is 5.73 Å². The molecule has 0 fully saturated rings. The first kappa shape index (κ1) is 14.6. The fourth-order valence-electron chi connectivity index (χ4n) is 1.91. The van der Waals surface area contributed by atoms with E-state index < -0.39 is 10.0 Å². The molecule has 0 radical (unpaired) electrons. The molecule has 0 saturated carbocycles. The Labute approximate surface area is 117 Å². The van der Waals surface area contributed by atoms with Gasteiger partial charge in [-0.05, 0) is 19.1 Å². The number of nitrogens with one attached hydrogen (secondary N) is 1. The van der Waals surface area contributed by atoms with Crippen molar-refractivity contribution in [2.45, 2.75) is 24.9 Å². The molecule has 0 aliphatic rings. The quantitative estimate of drug-likeness (QED) is 0.830. The molecule has 2 heterocycles. The molecule has 20 heavy (non-hydrogen) atoms. The van der Waals surface area contributed by atoms with Crippen LogP contribution in [0.1, 0.15) is 17.1 Å². The van der Waals surface area contributed by atoms with Crippen LogP contribution in [0.3, 0.4) is 0 Å². The van der Waals surface area contributed by atoms with Crippen molar-refractivity contribution in [3.8, 4) is 0 Å². The van der Waals surface area contributed by atoms with Crippen molar-refractivity contribution in [1.82, 2.24) is 19.5 Å². The molecule has 2 aromatic heterocycles. The van der Waals surface area contributed by atoms with Crippen LogP contribution >= 0.6 is 0 Å². The van der Waals surface area contributed by atoms with Crippen molar-refractivity contribution in [3.63, 3.8) is 0 Å². The van der Waals surface area contributed by atoms with Crippen LogP contribution in [-0.4, -0.2) is 35.0 Å². The van der Waals surface area contributed by atoms with Crippen LogP contribution in [0.15, 0.2) is 29.3 Å². The normalized spacial score (nSPS) is 12.0. The molecule has 3 N–H and O–H groups in total. The van der Waals surface area contributed by atoms with Gasteiger partial charge in [-0.3, -0.25) is 10.1 Å². The number of rotatable bonds is 5. The van der Waals surface area contributed by atoms with Gasteiger partial charge < -0.3 is 5.73 Å². The summed E-state index contributed by atoms with van der Waals surface area (Å²) in [5, 5.41) is 6.58. The zero-order valence-electron chi connectivity index (χ0n) is 11.4. The molecule has 2 aromatic rings. The van der Waals surface area contributed by atoms with E-state index in [9.17, 15) is 8.42 Å². The van der Waals surface area contributed by atoms with Crippen molar-refractivity contribution >= 4 is 10.0 Å². The average molecular weight is 295 g/mol. The number of H-pyrrole nitrogens is 1. The lowest BCUT2D eigenvalue weighted by Gasteiger charge is -2.17. The monoisotopic (exact) mass is 295 g/mol. The number of sulfonamides is 1. The van der Waals surface area contributed by atoms with Gasteiger partial charge in [-0.15, -0.1) is 0 Å². The van der Waals surface area contributed by atoms with Crippen molar-refractivity contribution < 1.29 is 8.42 Å². The van der Waals surface area contributed by atoms with Gasteiger partial charge in [0.2, 0.25) is 10.0 Å². The Balaban J connectivity index is 2.32. The molecule has 0 aromatic carbocycles. The highest BCUT2D eigenvalue weighted by atomic mass is 32.2. The second-order valence-electron chi connectivity index (χ2n) is 4.41. The molecule has 0 saturated heterocycles. The van der Waals surface area contributed by atoms with Gasteiger partial charge >= 0.3 is 0 Å². The maximum Gasteiger partial charge on any atom is 0.246 e. The molecule has 2 rings (SSSR count). The fourth-order valence-corrected chi connectivity index (χ4v) is 3.38. The summed E-state index contributed by atoms with van der Waals surface area (Å²) in [6.45, 7) is 1.92. The van der Waals surface area contributed by atoms with Gasteiger partial charge in [0.25, 0.3) is 0 Å². The Morgan fingerprint density at radius 2 is 2.15 bits per heavy atom. The van der Waals surface area contributed by atoms with Gasteiger partial charge in [-0.1, -0.05) is 6.07 Å². The van der Waals surface area contributed by atoms with Gasteiger partial charge in [-0.2, -0.15) is 9.40 Å². The van der Waals surface area contributed by atoms with E-state index in [4.69, 9.17) is 5.73 Å². The molecule has 7 nitrogen and oxygen atoms in total. The highest BCUT2D eigenvalue weighted by Crippen LogP contribution is 2.22. The summed E-state index contributed by atoms with van der Waals surface area (Å²) in [5.74, 6) is 0. The second kappa shape index (κ2) is 5.70. The molecule has 108 valence electrons. The molecule has 0 aliphatic carbocycles. The summed E-state index contributed by atoms with van der Waals surface area (Å²) < 4.78 is 26.4. The van der Waals surface area contributed by atoms with E-state index in [1.54, 1.807) is 25.3 Å². The van der Waals surface area contributed by atoms with Gasteiger partial charge in [-0.25, -0.2) is 8.42 Å². The van der Waals surface area contributed by atoms with E-state index >= 15 is 0 Å². The smallest absolute Gasteiger partial charge is 0.246 e. The Hall–Kier alpha value is -1.77. The van der Waals surface area contributed by atoms with Gasteiger partial charge in [0.15, 0.2) is 0 Å². The minimum Gasteiger partial charge on any atom is -0.325 e. The molecule has 0 spiro atoms. The first-order chi connectivity index (χ1) is 9.46. The first-order valence-corrected chi connectivity index (χ1v) is 7.51. The molecule has 0 bridgehead atoms. The maximum absolute atomic E-state index is 12.6. The van der Waals surface area contributed by atoms with Gasteiger partial charge in [0.1, 0.15) is 4.90 Å². The van der Waals surface area contributed by atoms with E-state index in [1.165, 1.54) is 11.4 Å². The number of pyridine rings is 1. The van der Waals surface area contributed by atoms with Crippen molar-refractivity contribution in [1.29, 1.82) is 0 Å². The van der Waals surface area contributed by atoms with E-state index in [1.807, 2.05) is 6.07 Å². The van der Waals surface area contributed by atoms with Crippen molar-refractivity contribution in [2.24, 2.45) is 5.73 Å². The number of aromatic nitrogens is 3. The lowest BCUT2D eigenvalue weighted by atomic mass is 10.3. The van der Waals surface area contributed by atoms with E-state index in [-0.39, 0.29) is 18.0 Å². The average Bonchev–Trinajstić information content (AvgIpc) is 2.81. The number of aryl methyl sites for hydroxylation is 1. The number of aromatic amines is 1. The number of nitrogens with two attached hydrogens (primary N) is 1. The summed E-state index contributed by atoms with van der Waals surface area (Å²) >= 11 is 0. The summed E-state index contributed by atoms with van der Waals surface area (Å²) in [6, 6.07) is 5.38. The molecular weight excluding hydrogens is 278 g/mol. The second-order valence-corrected chi connectivity index (χ2v) is 6.39. The van der Waals surface area contributed by atoms with Crippen LogP contribution in [0.5, 0.6) is 0 Å². The third-order valence-corrected chi connectivity index (χ3v) is 4.94. The SMILES string of the molecule is Cc1[nH]nc(CN)c1S(=O)(=O)N(C)Cc1ccccn1. The fraction of sp³-hybridized carbons (Fsp3) is 0.333. The van der Waals surface area contributed by atoms with Crippen LogP contribution in [0.2, 0.25) is 0 Å². The lowest BCUT2D eigenvalue weighted by molar-refractivity contribution is 0.461. The molecule has 0 amide bonds. The minimum atomic E-state index is -3.65. The molecule has 0 unspecified atom stereocenters. The molecular formula is C12H17N5O2S. The van der Waals surface area contributed by atoms with E-state index in [2.05, 4.69) is 15.2 Å². The van der Waals surface area contributed by atoms with Gasteiger partial charge in [0.05, 0.1) is 23.6 Å². The summed E-state index contributed by atoms with van der Waals surface area (Å²) in [6.07, 6.45) is 1.63. The highest BCUT2D eigenvalue weighted by Gasteiger charge is 2.28. The molecule has 8 heteroatoms. The Morgan fingerprint density at radius 1 is 1.40 bits per heavy atom. The van der Waals surface area contributed by atoms with E-state index in [0.717, 1.165) is 0 Å². The van der Waals surface area contributed by atoms with Crippen LogP contribution in [0.4, 0.5) is 0 Å². The lowest BCUT2D eigenvalue weighted by Crippen LogP contribution is -2.28. The number of hydrogen-bond acceptors (Lipinski definition) is 5. The van der Waals surface area contributed by atoms with Gasteiger partial charge in [0, 0.05) is 19.8 Å². The minimum absolute atomic E-state index is 0.0658. The van der Waals surface area contributed by atoms with Crippen LogP contribution in [0.25, 0.3) is 0 Å². The highest BCUT2D eigenvalue weighted by molar-refractivity contribution is 7.89. The largest absolute Gasteiger partial charge is 0.325 e. The maximum atomic E-state index is 12.6. The molecule has 0 aliphatic heterocycles.